The van der Waals surface area contributed by atoms with Gasteiger partial charge in [0.25, 0.3) is 0 Å². The lowest BCUT2D eigenvalue weighted by Gasteiger charge is -2.27. The summed E-state index contributed by atoms with van der Waals surface area (Å²) < 4.78 is 11.4. The summed E-state index contributed by atoms with van der Waals surface area (Å²) in [4.78, 5) is 15.7. The van der Waals surface area contributed by atoms with E-state index in [1.807, 2.05) is 41.3 Å². The van der Waals surface area contributed by atoms with Crippen molar-refractivity contribution in [1.82, 2.24) is 4.90 Å². The normalized spacial score (nSPS) is 13.3. The maximum atomic E-state index is 12.8. The Morgan fingerprint density at radius 3 is 2.54 bits per heavy atom. The number of hydrogen-bond donors (Lipinski definition) is 0. The highest BCUT2D eigenvalue weighted by Crippen LogP contribution is 2.34. The Hall–Kier alpha value is -2.14. The Kier molecular flexibility index (Phi) is 6.45. The van der Waals surface area contributed by atoms with Gasteiger partial charge in [-0.1, -0.05) is 30.3 Å². The van der Waals surface area contributed by atoms with Gasteiger partial charge in [-0.05, 0) is 37.6 Å². The van der Waals surface area contributed by atoms with Crippen LogP contribution in [0.5, 0.6) is 11.5 Å². The molecule has 0 fully saturated rings. The average molecular weight is 372 g/mol. The maximum absolute atomic E-state index is 12.8. The van der Waals surface area contributed by atoms with Crippen molar-refractivity contribution in [3.63, 3.8) is 0 Å². The summed E-state index contributed by atoms with van der Waals surface area (Å²) in [7, 11) is 0. The molecule has 1 heterocycles. The lowest BCUT2D eigenvalue weighted by atomic mass is 10.2. The van der Waals surface area contributed by atoms with Crippen LogP contribution in [0.2, 0.25) is 0 Å². The van der Waals surface area contributed by atoms with Gasteiger partial charge in [-0.3, -0.25) is 4.79 Å². The summed E-state index contributed by atoms with van der Waals surface area (Å²) in [5, 5.41) is 0. The highest BCUT2D eigenvalue weighted by atomic mass is 32.2. The van der Waals surface area contributed by atoms with Crippen molar-refractivity contribution < 1.29 is 14.3 Å². The second-order valence-electron chi connectivity index (χ2n) is 6.55. The summed E-state index contributed by atoms with van der Waals surface area (Å²) in [6.45, 7) is 6.09. The molecule has 4 nitrogen and oxygen atoms in total. The smallest absolute Gasteiger partial charge is 0.233 e. The SMILES string of the molecule is CC(C)N(Cc1ccccc1)C(=O)CSc1ccc2c(c1)OCCCO2. The number of hydrogen-bond acceptors (Lipinski definition) is 4. The summed E-state index contributed by atoms with van der Waals surface area (Å²) in [6.07, 6.45) is 0.887. The Bertz CT molecular complexity index is 733. The van der Waals surface area contributed by atoms with Crippen LogP contribution < -0.4 is 9.47 Å². The van der Waals surface area contributed by atoms with Gasteiger partial charge < -0.3 is 14.4 Å². The standard InChI is InChI=1S/C21H25NO3S/c1-16(2)22(14-17-7-4-3-5-8-17)21(23)15-26-18-9-10-19-20(13-18)25-12-6-11-24-19/h3-5,7-10,13,16H,6,11-12,14-15H2,1-2H3. The minimum Gasteiger partial charge on any atom is -0.490 e. The van der Waals surface area contributed by atoms with Crippen LogP contribution in [-0.2, 0) is 11.3 Å². The Morgan fingerprint density at radius 2 is 1.81 bits per heavy atom. The molecule has 0 radical (unpaired) electrons. The summed E-state index contributed by atoms with van der Waals surface area (Å²) >= 11 is 1.54. The fourth-order valence-corrected chi connectivity index (χ4v) is 3.61. The van der Waals surface area contributed by atoms with Gasteiger partial charge in [0.05, 0.1) is 19.0 Å². The first-order valence-electron chi connectivity index (χ1n) is 8.99. The van der Waals surface area contributed by atoms with E-state index in [2.05, 4.69) is 26.0 Å². The van der Waals surface area contributed by atoms with E-state index in [0.717, 1.165) is 28.4 Å². The largest absolute Gasteiger partial charge is 0.490 e. The third-order valence-corrected chi connectivity index (χ3v) is 5.20. The minimum absolute atomic E-state index is 0.140. The molecule has 0 spiro atoms. The maximum Gasteiger partial charge on any atom is 0.233 e. The van der Waals surface area contributed by atoms with Gasteiger partial charge >= 0.3 is 0 Å². The molecule has 0 atom stereocenters. The number of carbonyl (C=O) groups excluding carboxylic acids is 1. The molecule has 0 saturated carbocycles. The van der Waals surface area contributed by atoms with E-state index in [0.29, 0.717) is 25.5 Å². The van der Waals surface area contributed by atoms with Crippen molar-refractivity contribution in [2.24, 2.45) is 0 Å². The Labute approximate surface area is 159 Å². The fraction of sp³-hybridized carbons (Fsp3) is 0.381. The molecule has 1 aliphatic heterocycles. The van der Waals surface area contributed by atoms with Gasteiger partial charge in [0.15, 0.2) is 11.5 Å². The molecule has 138 valence electrons. The molecule has 0 saturated heterocycles. The van der Waals surface area contributed by atoms with Crippen molar-refractivity contribution in [3.05, 3.63) is 54.1 Å². The molecule has 2 aromatic rings. The number of carbonyl (C=O) groups is 1. The third kappa shape index (κ3) is 4.94. The van der Waals surface area contributed by atoms with E-state index in [9.17, 15) is 4.79 Å². The van der Waals surface area contributed by atoms with Gasteiger partial charge in [-0.15, -0.1) is 11.8 Å². The average Bonchev–Trinajstić information content (AvgIpc) is 2.89. The van der Waals surface area contributed by atoms with Crippen LogP contribution in [0.15, 0.2) is 53.4 Å². The molecule has 0 aromatic heterocycles. The fourth-order valence-electron chi connectivity index (χ4n) is 2.80. The monoisotopic (exact) mass is 371 g/mol. The molecule has 0 aliphatic carbocycles. The number of nitrogens with zero attached hydrogens (tertiary/aromatic N) is 1. The zero-order valence-electron chi connectivity index (χ0n) is 15.3. The molecular weight excluding hydrogens is 346 g/mol. The van der Waals surface area contributed by atoms with Crippen LogP contribution in [-0.4, -0.2) is 35.8 Å². The topological polar surface area (TPSA) is 38.8 Å². The van der Waals surface area contributed by atoms with Crippen molar-refractivity contribution >= 4 is 17.7 Å². The van der Waals surface area contributed by atoms with Gasteiger partial charge in [-0.2, -0.15) is 0 Å². The predicted octanol–water partition coefficient (Wildman–Crippen LogP) is 4.38. The molecule has 0 bridgehead atoms. The lowest BCUT2D eigenvalue weighted by Crippen LogP contribution is -2.37. The molecule has 0 N–H and O–H groups in total. The molecule has 2 aromatic carbocycles. The zero-order chi connectivity index (χ0) is 18.4. The van der Waals surface area contributed by atoms with Crippen LogP contribution >= 0.6 is 11.8 Å². The first kappa shape index (κ1) is 18.6. The molecule has 26 heavy (non-hydrogen) atoms. The van der Waals surface area contributed by atoms with Crippen LogP contribution in [0.1, 0.15) is 25.8 Å². The van der Waals surface area contributed by atoms with Crippen molar-refractivity contribution in [1.29, 1.82) is 0 Å². The minimum atomic E-state index is 0.140. The number of thioether (sulfide) groups is 1. The van der Waals surface area contributed by atoms with Gasteiger partial charge in [-0.25, -0.2) is 0 Å². The van der Waals surface area contributed by atoms with E-state index < -0.39 is 0 Å². The summed E-state index contributed by atoms with van der Waals surface area (Å²) in [6, 6.07) is 16.2. The Morgan fingerprint density at radius 1 is 1.08 bits per heavy atom. The van der Waals surface area contributed by atoms with Crippen molar-refractivity contribution in [3.8, 4) is 11.5 Å². The second-order valence-corrected chi connectivity index (χ2v) is 7.60. The van der Waals surface area contributed by atoms with Gasteiger partial charge in [0.2, 0.25) is 5.91 Å². The summed E-state index contributed by atoms with van der Waals surface area (Å²) in [5.74, 6) is 2.10. The van der Waals surface area contributed by atoms with E-state index >= 15 is 0 Å². The summed E-state index contributed by atoms with van der Waals surface area (Å²) in [5.41, 5.74) is 1.15. The lowest BCUT2D eigenvalue weighted by molar-refractivity contribution is -0.130. The number of amides is 1. The highest BCUT2D eigenvalue weighted by Gasteiger charge is 2.18. The zero-order valence-corrected chi connectivity index (χ0v) is 16.1. The van der Waals surface area contributed by atoms with E-state index in [4.69, 9.17) is 9.47 Å². The molecule has 0 unspecified atom stereocenters. The van der Waals surface area contributed by atoms with E-state index in [-0.39, 0.29) is 11.9 Å². The quantitative estimate of drug-likeness (QED) is 0.707. The van der Waals surface area contributed by atoms with Crippen LogP contribution in [0.4, 0.5) is 0 Å². The second kappa shape index (κ2) is 8.99. The molecule has 1 amide bonds. The van der Waals surface area contributed by atoms with Gasteiger partial charge in [0.1, 0.15) is 0 Å². The highest BCUT2D eigenvalue weighted by molar-refractivity contribution is 8.00. The number of benzene rings is 2. The molecular formula is C21H25NO3S. The first-order valence-corrected chi connectivity index (χ1v) is 9.98. The van der Waals surface area contributed by atoms with Crippen molar-refractivity contribution in [2.45, 2.75) is 37.8 Å². The Balaban J connectivity index is 1.62. The molecule has 1 aliphatic rings. The number of fused-ring (bicyclic) bond motifs is 1. The predicted molar refractivity (Wildman–Crippen MR) is 105 cm³/mol. The first-order chi connectivity index (χ1) is 12.6. The number of ether oxygens (including phenoxy) is 2. The number of rotatable bonds is 6. The van der Waals surface area contributed by atoms with Crippen LogP contribution in [0, 0.1) is 0 Å². The third-order valence-electron chi connectivity index (χ3n) is 4.22. The van der Waals surface area contributed by atoms with Crippen LogP contribution in [0.3, 0.4) is 0 Å². The van der Waals surface area contributed by atoms with Gasteiger partial charge in [0, 0.05) is 23.9 Å². The molecule has 3 rings (SSSR count). The van der Waals surface area contributed by atoms with E-state index in [1.165, 1.54) is 11.8 Å². The van der Waals surface area contributed by atoms with Crippen molar-refractivity contribution in [2.75, 3.05) is 19.0 Å². The van der Waals surface area contributed by atoms with E-state index in [1.54, 1.807) is 0 Å². The van der Waals surface area contributed by atoms with Crippen LogP contribution in [0.25, 0.3) is 0 Å². The molecule has 5 heteroatoms.